The van der Waals surface area contributed by atoms with Crippen LogP contribution in [0.3, 0.4) is 0 Å². The molecule has 1 fully saturated rings. The standard InChI is InChI=1S/C15H22F3N3/c1-9-3-4-11(7-10(9)2)21-13-5-6-19-8-12(13)20-14(21)15(16,17)18/h9-11,19H,3-8H2,1-2H3. The first kappa shape index (κ1) is 14.9. The number of nitrogens with one attached hydrogen (secondary N) is 1. The van der Waals surface area contributed by atoms with Gasteiger partial charge in [-0.05, 0) is 31.1 Å². The van der Waals surface area contributed by atoms with Crippen molar-refractivity contribution in [1.82, 2.24) is 14.9 Å². The third-order valence-electron chi connectivity index (χ3n) is 5.11. The molecule has 2 heterocycles. The van der Waals surface area contributed by atoms with Crippen molar-refractivity contribution >= 4 is 0 Å². The summed E-state index contributed by atoms with van der Waals surface area (Å²) in [4.78, 5) is 3.92. The highest BCUT2D eigenvalue weighted by Crippen LogP contribution is 2.41. The second kappa shape index (κ2) is 5.30. The van der Waals surface area contributed by atoms with Crippen LogP contribution in [0.1, 0.15) is 56.4 Å². The van der Waals surface area contributed by atoms with Gasteiger partial charge in [-0.3, -0.25) is 0 Å². The summed E-state index contributed by atoms with van der Waals surface area (Å²) in [6.45, 7) is 5.52. The maximum atomic E-state index is 13.4. The lowest BCUT2D eigenvalue weighted by molar-refractivity contribution is -0.148. The normalized spacial score (nSPS) is 30.2. The molecular formula is C15H22F3N3. The highest BCUT2D eigenvalue weighted by molar-refractivity contribution is 5.23. The maximum absolute atomic E-state index is 13.4. The molecule has 0 bridgehead atoms. The van der Waals surface area contributed by atoms with E-state index in [1.807, 2.05) is 0 Å². The van der Waals surface area contributed by atoms with E-state index in [2.05, 4.69) is 24.1 Å². The van der Waals surface area contributed by atoms with Gasteiger partial charge in [-0.25, -0.2) is 4.98 Å². The zero-order valence-corrected chi connectivity index (χ0v) is 12.5. The van der Waals surface area contributed by atoms with Gasteiger partial charge in [0.1, 0.15) is 0 Å². The zero-order valence-electron chi connectivity index (χ0n) is 12.5. The number of halogens is 3. The van der Waals surface area contributed by atoms with Gasteiger partial charge in [-0.15, -0.1) is 0 Å². The minimum absolute atomic E-state index is 0.0535. The molecule has 0 radical (unpaired) electrons. The molecule has 6 heteroatoms. The largest absolute Gasteiger partial charge is 0.449 e. The molecule has 3 rings (SSSR count). The van der Waals surface area contributed by atoms with Crippen molar-refractivity contribution in [2.75, 3.05) is 6.54 Å². The van der Waals surface area contributed by atoms with E-state index in [1.165, 1.54) is 4.57 Å². The predicted octanol–water partition coefficient (Wildman–Crippen LogP) is 3.54. The summed E-state index contributed by atoms with van der Waals surface area (Å²) in [5.41, 5.74) is 1.38. The summed E-state index contributed by atoms with van der Waals surface area (Å²) < 4.78 is 41.6. The van der Waals surface area contributed by atoms with E-state index in [0.29, 0.717) is 30.5 Å². The van der Waals surface area contributed by atoms with E-state index in [0.717, 1.165) is 31.5 Å². The van der Waals surface area contributed by atoms with Crippen LogP contribution in [0, 0.1) is 11.8 Å². The van der Waals surface area contributed by atoms with Crippen molar-refractivity contribution in [3.63, 3.8) is 0 Å². The average molecular weight is 301 g/mol. The summed E-state index contributed by atoms with van der Waals surface area (Å²) in [7, 11) is 0. The maximum Gasteiger partial charge on any atom is 0.449 e. The van der Waals surface area contributed by atoms with E-state index < -0.39 is 12.0 Å². The topological polar surface area (TPSA) is 29.9 Å². The van der Waals surface area contributed by atoms with Gasteiger partial charge >= 0.3 is 6.18 Å². The number of rotatable bonds is 1. The molecular weight excluding hydrogens is 279 g/mol. The molecule has 0 aromatic carbocycles. The fourth-order valence-electron chi connectivity index (χ4n) is 3.68. The van der Waals surface area contributed by atoms with E-state index in [9.17, 15) is 13.2 Å². The molecule has 1 aliphatic carbocycles. The molecule has 3 nitrogen and oxygen atoms in total. The molecule has 0 spiro atoms. The number of imidazole rings is 1. The van der Waals surface area contributed by atoms with Crippen molar-refractivity contribution in [3.8, 4) is 0 Å². The number of hydrogen-bond donors (Lipinski definition) is 1. The predicted molar refractivity (Wildman–Crippen MR) is 73.9 cm³/mol. The fourth-order valence-corrected chi connectivity index (χ4v) is 3.68. The summed E-state index contributed by atoms with van der Waals surface area (Å²) >= 11 is 0. The number of hydrogen-bond acceptors (Lipinski definition) is 2. The highest BCUT2D eigenvalue weighted by Gasteiger charge is 2.41. The Bertz CT molecular complexity index is 521. The Morgan fingerprint density at radius 2 is 1.95 bits per heavy atom. The molecule has 21 heavy (non-hydrogen) atoms. The van der Waals surface area contributed by atoms with E-state index in [4.69, 9.17) is 0 Å². The van der Waals surface area contributed by atoms with Crippen molar-refractivity contribution in [2.45, 2.75) is 58.3 Å². The van der Waals surface area contributed by atoms with Crippen LogP contribution < -0.4 is 5.32 Å². The Kier molecular flexibility index (Phi) is 3.76. The molecule has 3 unspecified atom stereocenters. The Morgan fingerprint density at radius 1 is 1.19 bits per heavy atom. The number of fused-ring (bicyclic) bond motifs is 1. The fraction of sp³-hybridized carbons (Fsp3) is 0.800. The van der Waals surface area contributed by atoms with Gasteiger partial charge in [-0.2, -0.15) is 13.2 Å². The zero-order chi connectivity index (χ0) is 15.2. The second-order valence-corrected chi connectivity index (χ2v) is 6.54. The SMILES string of the molecule is CC1CCC(n2c(C(F)(F)F)nc3c2CCNC3)CC1C. The van der Waals surface area contributed by atoms with Gasteiger partial charge in [0.05, 0.1) is 5.69 Å². The van der Waals surface area contributed by atoms with Crippen molar-refractivity contribution in [1.29, 1.82) is 0 Å². The molecule has 2 aliphatic rings. The van der Waals surface area contributed by atoms with Crippen LogP contribution >= 0.6 is 0 Å². The van der Waals surface area contributed by atoms with E-state index in [-0.39, 0.29) is 6.04 Å². The van der Waals surface area contributed by atoms with Gasteiger partial charge in [0.15, 0.2) is 0 Å². The third kappa shape index (κ3) is 2.70. The molecule has 0 saturated heterocycles. The number of aromatic nitrogens is 2. The molecule has 1 aromatic rings. The molecule has 3 atom stereocenters. The Balaban J connectivity index is 2.01. The van der Waals surface area contributed by atoms with Crippen molar-refractivity contribution < 1.29 is 13.2 Å². The van der Waals surface area contributed by atoms with E-state index in [1.54, 1.807) is 0 Å². The van der Waals surface area contributed by atoms with Crippen LogP contribution in [0.5, 0.6) is 0 Å². The number of nitrogens with zero attached hydrogens (tertiary/aromatic N) is 2. The highest BCUT2D eigenvalue weighted by atomic mass is 19.4. The van der Waals surface area contributed by atoms with Gasteiger partial charge in [0.2, 0.25) is 5.82 Å². The van der Waals surface area contributed by atoms with Gasteiger partial charge in [-0.1, -0.05) is 13.8 Å². The van der Waals surface area contributed by atoms with Crippen LogP contribution in [0.15, 0.2) is 0 Å². The van der Waals surface area contributed by atoms with Crippen LogP contribution in [-0.4, -0.2) is 16.1 Å². The minimum Gasteiger partial charge on any atom is -0.321 e. The number of alkyl halides is 3. The molecule has 1 aromatic heterocycles. The summed E-state index contributed by atoms with van der Waals surface area (Å²) in [5.74, 6) is 0.365. The summed E-state index contributed by atoms with van der Waals surface area (Å²) in [6.07, 6.45) is -1.10. The van der Waals surface area contributed by atoms with Gasteiger partial charge in [0, 0.05) is 31.2 Å². The van der Waals surface area contributed by atoms with Crippen LogP contribution in [-0.2, 0) is 19.1 Å². The quantitative estimate of drug-likeness (QED) is 0.860. The monoisotopic (exact) mass is 301 g/mol. The van der Waals surface area contributed by atoms with Crippen LogP contribution in [0.25, 0.3) is 0 Å². The third-order valence-corrected chi connectivity index (χ3v) is 5.11. The molecule has 1 aliphatic heterocycles. The van der Waals surface area contributed by atoms with Gasteiger partial charge in [0.25, 0.3) is 0 Å². The van der Waals surface area contributed by atoms with Crippen molar-refractivity contribution in [2.24, 2.45) is 11.8 Å². The van der Waals surface area contributed by atoms with E-state index >= 15 is 0 Å². The first-order valence-electron chi connectivity index (χ1n) is 7.75. The summed E-state index contributed by atoms with van der Waals surface area (Å²) in [6, 6.07) is -0.0535. The molecule has 118 valence electrons. The smallest absolute Gasteiger partial charge is 0.321 e. The Labute approximate surface area is 122 Å². The minimum atomic E-state index is -4.37. The Morgan fingerprint density at radius 3 is 2.62 bits per heavy atom. The first-order chi connectivity index (χ1) is 9.88. The lowest BCUT2D eigenvalue weighted by Crippen LogP contribution is -2.30. The average Bonchev–Trinajstić information content (AvgIpc) is 2.81. The molecule has 1 N–H and O–H groups in total. The van der Waals surface area contributed by atoms with Gasteiger partial charge < -0.3 is 9.88 Å². The first-order valence-corrected chi connectivity index (χ1v) is 7.75. The lowest BCUT2D eigenvalue weighted by Gasteiger charge is -2.35. The van der Waals surface area contributed by atoms with Crippen LogP contribution in [0.4, 0.5) is 13.2 Å². The van der Waals surface area contributed by atoms with Crippen LogP contribution in [0.2, 0.25) is 0 Å². The molecule has 1 saturated carbocycles. The lowest BCUT2D eigenvalue weighted by atomic mass is 9.79. The molecule has 0 amide bonds. The van der Waals surface area contributed by atoms with Crippen molar-refractivity contribution in [3.05, 3.63) is 17.2 Å². The summed E-state index contributed by atoms with van der Waals surface area (Å²) in [5, 5.41) is 3.11. The Hall–Kier alpha value is -1.04. The second-order valence-electron chi connectivity index (χ2n) is 6.54.